The zero-order valence-electron chi connectivity index (χ0n) is 14.7. The van der Waals surface area contributed by atoms with Crippen molar-refractivity contribution in [2.45, 2.75) is 0 Å². The van der Waals surface area contributed by atoms with Gasteiger partial charge in [0.05, 0.1) is 37.5 Å². The maximum atomic E-state index is 5.50. The van der Waals surface area contributed by atoms with E-state index in [4.69, 9.17) is 9.47 Å². The molecule has 2 saturated heterocycles. The Labute approximate surface area is 152 Å². The van der Waals surface area contributed by atoms with Crippen LogP contribution in [0, 0.1) is 0 Å². The van der Waals surface area contributed by atoms with Crippen LogP contribution in [0.4, 0.5) is 11.4 Å². The van der Waals surface area contributed by atoms with Gasteiger partial charge in [-0.3, -0.25) is 9.97 Å². The zero-order valence-corrected chi connectivity index (χ0v) is 14.7. The third-order valence-corrected chi connectivity index (χ3v) is 5.28. The first-order valence-electron chi connectivity index (χ1n) is 9.24. The normalized spacial score (nSPS) is 18.6. The molecule has 2 aliphatic rings. The first kappa shape index (κ1) is 15.8. The lowest BCUT2D eigenvalue weighted by molar-refractivity contribution is 0.122. The van der Waals surface area contributed by atoms with Crippen LogP contribution < -0.4 is 9.80 Å². The van der Waals surface area contributed by atoms with E-state index in [0.29, 0.717) is 0 Å². The van der Waals surface area contributed by atoms with Gasteiger partial charge in [-0.25, -0.2) is 0 Å². The van der Waals surface area contributed by atoms with Gasteiger partial charge in [0, 0.05) is 60.7 Å². The molecule has 0 atom stereocenters. The summed E-state index contributed by atoms with van der Waals surface area (Å²) in [5, 5.41) is 2.32. The molecule has 0 bridgehead atoms. The Morgan fingerprint density at radius 3 is 1.46 bits per heavy atom. The van der Waals surface area contributed by atoms with Crippen molar-refractivity contribution in [3.05, 3.63) is 36.7 Å². The van der Waals surface area contributed by atoms with E-state index in [-0.39, 0.29) is 0 Å². The molecule has 2 aromatic heterocycles. The van der Waals surface area contributed by atoms with Crippen LogP contribution in [0.15, 0.2) is 36.7 Å². The van der Waals surface area contributed by atoms with Crippen LogP contribution in [0.25, 0.3) is 21.8 Å². The van der Waals surface area contributed by atoms with E-state index in [1.807, 2.05) is 12.4 Å². The molecule has 6 heteroatoms. The smallest absolute Gasteiger partial charge is 0.0986 e. The van der Waals surface area contributed by atoms with Crippen LogP contribution in [-0.2, 0) is 9.47 Å². The fourth-order valence-electron chi connectivity index (χ4n) is 3.96. The minimum absolute atomic E-state index is 0.775. The number of rotatable bonds is 2. The monoisotopic (exact) mass is 350 g/mol. The van der Waals surface area contributed by atoms with Crippen LogP contribution in [-0.4, -0.2) is 62.6 Å². The summed E-state index contributed by atoms with van der Waals surface area (Å²) < 4.78 is 11.0. The number of anilines is 2. The molecule has 0 spiro atoms. The maximum Gasteiger partial charge on any atom is 0.0986 e. The number of ether oxygens (including phenoxy) is 2. The van der Waals surface area contributed by atoms with Gasteiger partial charge in [0.25, 0.3) is 0 Å². The second kappa shape index (κ2) is 6.70. The van der Waals surface area contributed by atoms with Gasteiger partial charge in [0.15, 0.2) is 0 Å². The summed E-state index contributed by atoms with van der Waals surface area (Å²) in [7, 11) is 0. The molecule has 0 unspecified atom stereocenters. The molecule has 4 heterocycles. The first-order valence-corrected chi connectivity index (χ1v) is 9.24. The lowest BCUT2D eigenvalue weighted by Crippen LogP contribution is -2.36. The molecule has 26 heavy (non-hydrogen) atoms. The Morgan fingerprint density at radius 1 is 0.615 bits per heavy atom. The van der Waals surface area contributed by atoms with Gasteiger partial charge >= 0.3 is 0 Å². The van der Waals surface area contributed by atoms with Crippen LogP contribution >= 0.6 is 0 Å². The van der Waals surface area contributed by atoms with Crippen molar-refractivity contribution in [2.24, 2.45) is 0 Å². The van der Waals surface area contributed by atoms with Crippen molar-refractivity contribution in [3.8, 4) is 0 Å². The van der Waals surface area contributed by atoms with E-state index >= 15 is 0 Å². The topological polar surface area (TPSA) is 50.7 Å². The summed E-state index contributed by atoms with van der Waals surface area (Å²) >= 11 is 0. The second-order valence-corrected chi connectivity index (χ2v) is 6.72. The van der Waals surface area contributed by atoms with E-state index in [1.165, 1.54) is 11.4 Å². The standard InChI is InChI=1S/C20H22N4O2/c1-2-16-18(24-9-13-26-14-10-24)4-6-22-20(16)19-15(1)17(3-5-21-19)23-7-11-25-12-8-23/h1-6H,7-14H2. The minimum Gasteiger partial charge on any atom is -0.378 e. The summed E-state index contributed by atoms with van der Waals surface area (Å²) in [6.07, 6.45) is 3.80. The van der Waals surface area contributed by atoms with E-state index in [9.17, 15) is 0 Å². The number of pyridine rings is 2. The van der Waals surface area contributed by atoms with Crippen molar-refractivity contribution in [1.29, 1.82) is 0 Å². The molecule has 3 aromatic rings. The predicted octanol–water partition coefficient (Wildman–Crippen LogP) is 2.46. The number of aromatic nitrogens is 2. The Morgan fingerprint density at radius 2 is 1.04 bits per heavy atom. The average molecular weight is 350 g/mol. The summed E-state index contributed by atoms with van der Waals surface area (Å²) in [6, 6.07) is 8.60. The Kier molecular flexibility index (Phi) is 4.07. The fraction of sp³-hybridized carbons (Fsp3) is 0.400. The number of benzene rings is 1. The molecular formula is C20H22N4O2. The Hall–Kier alpha value is -2.44. The highest BCUT2D eigenvalue weighted by atomic mass is 16.5. The van der Waals surface area contributed by atoms with Crippen LogP contribution in [0.1, 0.15) is 0 Å². The molecule has 134 valence electrons. The molecule has 0 saturated carbocycles. The minimum atomic E-state index is 0.775. The molecule has 0 amide bonds. The highest BCUT2D eigenvalue weighted by molar-refractivity contribution is 6.10. The summed E-state index contributed by atoms with van der Waals surface area (Å²) in [5.74, 6) is 0. The molecule has 5 rings (SSSR count). The largest absolute Gasteiger partial charge is 0.378 e. The highest BCUT2D eigenvalue weighted by Crippen LogP contribution is 2.34. The predicted molar refractivity (Wildman–Crippen MR) is 103 cm³/mol. The summed E-state index contributed by atoms with van der Waals surface area (Å²) in [6.45, 7) is 6.76. The van der Waals surface area contributed by atoms with Crippen molar-refractivity contribution in [3.63, 3.8) is 0 Å². The third-order valence-electron chi connectivity index (χ3n) is 5.28. The molecule has 0 N–H and O–H groups in total. The van der Waals surface area contributed by atoms with Crippen molar-refractivity contribution in [1.82, 2.24) is 9.97 Å². The van der Waals surface area contributed by atoms with Crippen LogP contribution in [0.5, 0.6) is 0 Å². The van der Waals surface area contributed by atoms with Crippen molar-refractivity contribution >= 4 is 33.2 Å². The number of hydrogen-bond donors (Lipinski definition) is 0. The first-order chi connectivity index (χ1) is 12.9. The molecule has 0 radical (unpaired) electrons. The van der Waals surface area contributed by atoms with Gasteiger partial charge in [0.2, 0.25) is 0 Å². The van der Waals surface area contributed by atoms with Gasteiger partial charge < -0.3 is 19.3 Å². The number of hydrogen-bond acceptors (Lipinski definition) is 6. The van der Waals surface area contributed by atoms with Crippen LogP contribution in [0.2, 0.25) is 0 Å². The van der Waals surface area contributed by atoms with Gasteiger partial charge in [-0.2, -0.15) is 0 Å². The van der Waals surface area contributed by atoms with Crippen molar-refractivity contribution < 1.29 is 9.47 Å². The lowest BCUT2D eigenvalue weighted by atomic mass is 10.1. The van der Waals surface area contributed by atoms with E-state index < -0.39 is 0 Å². The van der Waals surface area contributed by atoms with Gasteiger partial charge in [-0.05, 0) is 24.3 Å². The molecule has 0 aliphatic carbocycles. The SMILES string of the molecule is c1cc(N2CCOCC2)c2ccc3c(N4CCOCC4)ccnc3c2n1. The quantitative estimate of drug-likeness (QED) is 0.662. The van der Waals surface area contributed by atoms with Gasteiger partial charge in [0.1, 0.15) is 0 Å². The molecule has 6 nitrogen and oxygen atoms in total. The van der Waals surface area contributed by atoms with E-state index in [1.54, 1.807) is 0 Å². The number of nitrogens with zero attached hydrogens (tertiary/aromatic N) is 4. The van der Waals surface area contributed by atoms with E-state index in [0.717, 1.165) is 74.4 Å². The maximum absolute atomic E-state index is 5.50. The summed E-state index contributed by atoms with van der Waals surface area (Å²) in [4.78, 5) is 14.1. The molecule has 1 aromatic carbocycles. The highest BCUT2D eigenvalue weighted by Gasteiger charge is 2.18. The number of fused-ring (bicyclic) bond motifs is 3. The second-order valence-electron chi connectivity index (χ2n) is 6.72. The third kappa shape index (κ3) is 2.66. The summed E-state index contributed by atoms with van der Waals surface area (Å²) in [5.41, 5.74) is 4.39. The molecule has 2 fully saturated rings. The number of morpholine rings is 2. The Balaban J connectivity index is 1.66. The van der Waals surface area contributed by atoms with Crippen molar-refractivity contribution in [2.75, 3.05) is 62.4 Å². The van der Waals surface area contributed by atoms with Gasteiger partial charge in [-0.1, -0.05) is 0 Å². The van der Waals surface area contributed by atoms with E-state index in [2.05, 4.69) is 44.0 Å². The fourth-order valence-corrected chi connectivity index (χ4v) is 3.96. The Bertz CT molecular complexity index is 857. The zero-order chi connectivity index (χ0) is 17.3. The van der Waals surface area contributed by atoms with Crippen LogP contribution in [0.3, 0.4) is 0 Å². The molecule has 2 aliphatic heterocycles. The lowest BCUT2D eigenvalue weighted by Gasteiger charge is -2.30. The average Bonchev–Trinajstić information content (AvgIpc) is 2.74. The van der Waals surface area contributed by atoms with Gasteiger partial charge in [-0.15, -0.1) is 0 Å². The molecular weight excluding hydrogens is 328 g/mol.